The van der Waals surface area contributed by atoms with E-state index in [1.54, 1.807) is 4.90 Å². The van der Waals surface area contributed by atoms with E-state index in [1.807, 2.05) is 42.7 Å². The minimum Gasteiger partial charge on any atom is -0.444 e. The number of rotatable bonds is 1. The first-order valence-electron chi connectivity index (χ1n) is 12.3. The molecule has 2 bridgehead atoms. The SMILES string of the molecule is CC(C)(C)OC(=O)N1CCOC[C@H]1c1cc(Cl)cc2c1CN(C(=O)N1CC3CCC(C1)O3)CC2. The molecule has 5 rings (SSSR count). The number of benzene rings is 1. The smallest absolute Gasteiger partial charge is 0.410 e. The molecule has 2 unspecified atom stereocenters. The zero-order valence-corrected chi connectivity index (χ0v) is 21.0. The molecule has 34 heavy (non-hydrogen) atoms. The van der Waals surface area contributed by atoms with E-state index in [0.29, 0.717) is 51.0 Å². The number of urea groups is 1. The zero-order chi connectivity index (χ0) is 24.0. The van der Waals surface area contributed by atoms with Crippen LogP contribution < -0.4 is 0 Å². The topological polar surface area (TPSA) is 71.5 Å². The average Bonchev–Trinajstić information content (AvgIpc) is 3.14. The maximum absolute atomic E-state index is 13.4. The number of hydrogen-bond donors (Lipinski definition) is 0. The number of nitrogens with zero attached hydrogens (tertiary/aromatic N) is 3. The summed E-state index contributed by atoms with van der Waals surface area (Å²) in [5.74, 6) is 0. The fourth-order valence-electron chi connectivity index (χ4n) is 5.49. The van der Waals surface area contributed by atoms with Gasteiger partial charge in [0.2, 0.25) is 0 Å². The van der Waals surface area contributed by atoms with Crippen molar-refractivity contribution in [2.24, 2.45) is 0 Å². The van der Waals surface area contributed by atoms with E-state index in [2.05, 4.69) is 0 Å². The Bertz CT molecular complexity index is 953. The second kappa shape index (κ2) is 9.21. The van der Waals surface area contributed by atoms with Crippen LogP contribution in [0.4, 0.5) is 9.59 Å². The molecule has 4 aliphatic heterocycles. The van der Waals surface area contributed by atoms with Crippen molar-refractivity contribution < 1.29 is 23.8 Å². The Kier molecular flexibility index (Phi) is 6.42. The average molecular weight is 492 g/mol. The molecule has 4 heterocycles. The summed E-state index contributed by atoms with van der Waals surface area (Å²) >= 11 is 6.52. The quantitative estimate of drug-likeness (QED) is 0.594. The molecular formula is C25H34ClN3O5. The number of fused-ring (bicyclic) bond motifs is 3. The van der Waals surface area contributed by atoms with Gasteiger partial charge in [-0.3, -0.25) is 4.90 Å². The van der Waals surface area contributed by atoms with Gasteiger partial charge in [0, 0.05) is 37.7 Å². The van der Waals surface area contributed by atoms with Crippen LogP contribution in [0.15, 0.2) is 12.1 Å². The van der Waals surface area contributed by atoms with E-state index in [9.17, 15) is 9.59 Å². The van der Waals surface area contributed by atoms with E-state index in [1.165, 1.54) is 0 Å². The Labute approximate surface area is 206 Å². The molecule has 3 fully saturated rings. The first kappa shape index (κ1) is 23.7. The number of morpholine rings is 2. The van der Waals surface area contributed by atoms with Crippen molar-refractivity contribution in [3.8, 4) is 0 Å². The number of halogens is 1. The second-order valence-corrected chi connectivity index (χ2v) is 11.2. The van der Waals surface area contributed by atoms with E-state index in [0.717, 1.165) is 36.0 Å². The third-order valence-corrected chi connectivity index (χ3v) is 7.26. The third kappa shape index (κ3) is 4.86. The summed E-state index contributed by atoms with van der Waals surface area (Å²) in [5, 5.41) is 0.632. The molecule has 0 saturated carbocycles. The maximum atomic E-state index is 13.4. The van der Waals surface area contributed by atoms with Crippen molar-refractivity contribution in [2.45, 2.75) is 70.4 Å². The summed E-state index contributed by atoms with van der Waals surface area (Å²) in [6.07, 6.45) is 2.75. The lowest BCUT2D eigenvalue weighted by molar-refractivity contribution is -0.0337. The van der Waals surface area contributed by atoms with Gasteiger partial charge >= 0.3 is 12.1 Å². The molecule has 3 saturated heterocycles. The molecule has 0 radical (unpaired) electrons. The molecule has 186 valence electrons. The van der Waals surface area contributed by atoms with Crippen LogP contribution in [0.5, 0.6) is 0 Å². The van der Waals surface area contributed by atoms with Crippen LogP contribution >= 0.6 is 11.6 Å². The first-order valence-corrected chi connectivity index (χ1v) is 12.6. The number of carbonyl (C=O) groups excluding carboxylic acids is 2. The van der Waals surface area contributed by atoms with Gasteiger partial charge in [-0.05, 0) is 68.9 Å². The zero-order valence-electron chi connectivity index (χ0n) is 20.2. The summed E-state index contributed by atoms with van der Waals surface area (Å²) in [6, 6.07) is 3.65. The molecule has 3 amide bonds. The molecule has 1 aromatic rings. The van der Waals surface area contributed by atoms with Gasteiger partial charge in [-0.15, -0.1) is 0 Å². The maximum Gasteiger partial charge on any atom is 0.410 e. The van der Waals surface area contributed by atoms with Gasteiger partial charge in [0.1, 0.15) is 5.60 Å². The monoisotopic (exact) mass is 491 g/mol. The van der Waals surface area contributed by atoms with Crippen molar-refractivity contribution in [1.29, 1.82) is 0 Å². The van der Waals surface area contributed by atoms with Crippen LogP contribution in [0.3, 0.4) is 0 Å². The molecule has 1 aromatic carbocycles. The van der Waals surface area contributed by atoms with Crippen molar-refractivity contribution in [1.82, 2.24) is 14.7 Å². The molecular weight excluding hydrogens is 458 g/mol. The lowest BCUT2D eigenvalue weighted by Gasteiger charge is -2.41. The van der Waals surface area contributed by atoms with Gasteiger partial charge in [-0.2, -0.15) is 0 Å². The predicted molar refractivity (Wildman–Crippen MR) is 127 cm³/mol. The highest BCUT2D eigenvalue weighted by molar-refractivity contribution is 6.30. The normalized spacial score (nSPS) is 26.9. The van der Waals surface area contributed by atoms with E-state index in [-0.39, 0.29) is 30.4 Å². The molecule has 0 aliphatic carbocycles. The Hall–Kier alpha value is -2.03. The molecule has 3 atom stereocenters. The lowest BCUT2D eigenvalue weighted by atomic mass is 9.90. The molecule has 9 heteroatoms. The van der Waals surface area contributed by atoms with Gasteiger partial charge in [-0.25, -0.2) is 9.59 Å². The Morgan fingerprint density at radius 2 is 1.82 bits per heavy atom. The highest BCUT2D eigenvalue weighted by atomic mass is 35.5. The van der Waals surface area contributed by atoms with Gasteiger partial charge in [0.25, 0.3) is 0 Å². The van der Waals surface area contributed by atoms with Crippen molar-refractivity contribution in [3.63, 3.8) is 0 Å². The van der Waals surface area contributed by atoms with Crippen LogP contribution in [-0.2, 0) is 27.2 Å². The summed E-state index contributed by atoms with van der Waals surface area (Å²) in [6.45, 7) is 9.33. The fourth-order valence-corrected chi connectivity index (χ4v) is 5.74. The minimum absolute atomic E-state index is 0.0654. The number of ether oxygens (including phenoxy) is 3. The number of carbonyl (C=O) groups is 2. The predicted octanol–water partition coefficient (Wildman–Crippen LogP) is 3.99. The van der Waals surface area contributed by atoms with E-state index in [4.69, 9.17) is 25.8 Å². The summed E-state index contributed by atoms with van der Waals surface area (Å²) in [5.41, 5.74) is 2.54. The molecule has 0 spiro atoms. The van der Waals surface area contributed by atoms with Crippen LogP contribution in [0.1, 0.15) is 56.3 Å². The lowest BCUT2D eigenvalue weighted by Crippen LogP contribution is -2.52. The molecule has 0 aromatic heterocycles. The van der Waals surface area contributed by atoms with Crippen LogP contribution in [0.25, 0.3) is 0 Å². The Morgan fingerprint density at radius 1 is 1.09 bits per heavy atom. The van der Waals surface area contributed by atoms with Crippen LogP contribution in [0.2, 0.25) is 5.02 Å². The highest BCUT2D eigenvalue weighted by Gasteiger charge is 2.39. The fraction of sp³-hybridized carbons (Fsp3) is 0.680. The van der Waals surface area contributed by atoms with E-state index >= 15 is 0 Å². The Morgan fingerprint density at radius 3 is 2.53 bits per heavy atom. The summed E-state index contributed by atoms with van der Waals surface area (Å²) < 4.78 is 17.4. The molecule has 8 nitrogen and oxygen atoms in total. The van der Waals surface area contributed by atoms with Crippen LogP contribution in [-0.4, -0.2) is 84.0 Å². The second-order valence-electron chi connectivity index (χ2n) is 10.7. The minimum atomic E-state index is -0.589. The van der Waals surface area contributed by atoms with E-state index < -0.39 is 5.60 Å². The standard InChI is InChI=1S/C25H34ClN3O5/c1-25(2,3)34-24(31)29-8-9-32-15-22(29)20-11-17(26)10-16-6-7-27(14-21(16)20)23(30)28-12-18-4-5-19(13-28)33-18/h10-11,18-19,22H,4-9,12-15H2,1-3H3/t18?,19?,22-/m0/s1. The number of likely N-dealkylation sites (tertiary alicyclic amines) is 1. The number of hydrogen-bond acceptors (Lipinski definition) is 5. The first-order chi connectivity index (χ1) is 16.2. The van der Waals surface area contributed by atoms with Crippen LogP contribution in [0, 0.1) is 0 Å². The largest absolute Gasteiger partial charge is 0.444 e. The summed E-state index contributed by atoms with van der Waals surface area (Å²) in [7, 11) is 0. The summed E-state index contributed by atoms with van der Waals surface area (Å²) in [4.78, 5) is 32.1. The van der Waals surface area contributed by atoms with Crippen molar-refractivity contribution in [2.75, 3.05) is 39.4 Å². The van der Waals surface area contributed by atoms with Crippen molar-refractivity contribution >= 4 is 23.7 Å². The third-order valence-electron chi connectivity index (χ3n) is 7.04. The Balaban J connectivity index is 1.40. The van der Waals surface area contributed by atoms with Gasteiger partial charge in [0.05, 0.1) is 31.5 Å². The molecule has 0 N–H and O–H groups in total. The van der Waals surface area contributed by atoms with Gasteiger partial charge in [0.15, 0.2) is 0 Å². The molecule has 4 aliphatic rings. The van der Waals surface area contributed by atoms with Gasteiger partial charge in [-0.1, -0.05) is 11.6 Å². The number of amides is 3. The van der Waals surface area contributed by atoms with Gasteiger partial charge < -0.3 is 24.0 Å². The van der Waals surface area contributed by atoms with Crippen molar-refractivity contribution in [3.05, 3.63) is 33.8 Å². The highest BCUT2D eigenvalue weighted by Crippen LogP contribution is 2.36.